The lowest BCUT2D eigenvalue weighted by Crippen LogP contribution is -2.13. The summed E-state index contributed by atoms with van der Waals surface area (Å²) in [6.45, 7) is 4.41. The Labute approximate surface area is 197 Å². The number of hydrogen-bond acceptors (Lipinski definition) is 5. The van der Waals surface area contributed by atoms with Gasteiger partial charge < -0.3 is 19.9 Å². The van der Waals surface area contributed by atoms with Crippen LogP contribution in [0.2, 0.25) is 0 Å². The van der Waals surface area contributed by atoms with Gasteiger partial charge in [0, 0.05) is 5.69 Å². The number of ether oxygens (including phenoxy) is 2. The molecule has 0 saturated heterocycles. The molecule has 3 aromatic rings. The zero-order chi connectivity index (χ0) is 24.5. The summed E-state index contributed by atoms with van der Waals surface area (Å²) in [5, 5.41) is 21.2. The number of nitrogens with one attached hydrogen (secondary N) is 1. The Hall–Kier alpha value is -4.57. The largest absolute Gasteiger partial charge is 0.490 e. The van der Waals surface area contributed by atoms with E-state index in [4.69, 9.17) is 14.6 Å². The lowest BCUT2D eigenvalue weighted by atomic mass is 10.1. The molecule has 172 valence electrons. The first kappa shape index (κ1) is 24.1. The fourth-order valence-electron chi connectivity index (χ4n) is 3.06. The van der Waals surface area contributed by atoms with Crippen molar-refractivity contribution in [3.05, 3.63) is 94.6 Å². The molecule has 0 unspecified atom stereocenters. The molecule has 0 spiro atoms. The molecule has 2 N–H and O–H groups in total. The average molecular weight is 456 g/mol. The summed E-state index contributed by atoms with van der Waals surface area (Å²) >= 11 is 0. The number of anilines is 1. The molecule has 0 atom stereocenters. The number of benzene rings is 3. The lowest BCUT2D eigenvalue weighted by Gasteiger charge is -2.13. The number of aryl methyl sites for hydroxylation is 1. The highest BCUT2D eigenvalue weighted by Crippen LogP contribution is 2.30. The normalized spacial score (nSPS) is 10.8. The molecule has 0 aliphatic heterocycles. The first-order chi connectivity index (χ1) is 16.4. The standard InChI is InChI=1S/C27H24N2O5/c1-3-33-25-15-20(14-22(16-28)26(30)29-23-11-4-18(2)5-12-23)8-13-24(25)34-17-19-6-9-21(10-7-19)27(31)32/h4-15H,3,17H2,1-2H3,(H,29,30)(H,31,32). The summed E-state index contributed by atoms with van der Waals surface area (Å²) in [7, 11) is 0. The molecule has 0 aliphatic rings. The van der Waals surface area contributed by atoms with Crippen LogP contribution >= 0.6 is 0 Å². The zero-order valence-corrected chi connectivity index (χ0v) is 18.9. The third-order valence-corrected chi connectivity index (χ3v) is 4.85. The Balaban J connectivity index is 1.75. The van der Waals surface area contributed by atoms with Crippen LogP contribution in [0, 0.1) is 18.3 Å². The quantitative estimate of drug-likeness (QED) is 0.338. The number of rotatable bonds is 9. The van der Waals surface area contributed by atoms with Crippen LogP contribution < -0.4 is 14.8 Å². The SMILES string of the molecule is CCOc1cc(C=C(C#N)C(=O)Nc2ccc(C)cc2)ccc1OCc1ccc(C(=O)O)cc1. The van der Waals surface area contributed by atoms with E-state index in [1.807, 2.05) is 32.0 Å². The van der Waals surface area contributed by atoms with Crippen LogP contribution in [0.5, 0.6) is 11.5 Å². The van der Waals surface area contributed by atoms with E-state index in [-0.39, 0.29) is 17.7 Å². The molecular weight excluding hydrogens is 432 g/mol. The van der Waals surface area contributed by atoms with Gasteiger partial charge in [0.05, 0.1) is 12.2 Å². The Morgan fingerprint density at radius 1 is 1.00 bits per heavy atom. The van der Waals surface area contributed by atoms with Gasteiger partial charge >= 0.3 is 5.97 Å². The fraction of sp³-hybridized carbons (Fsp3) is 0.148. The van der Waals surface area contributed by atoms with E-state index in [9.17, 15) is 14.9 Å². The van der Waals surface area contributed by atoms with Gasteiger partial charge in [-0.2, -0.15) is 5.26 Å². The highest BCUT2D eigenvalue weighted by atomic mass is 16.5. The number of carbonyl (C=O) groups is 2. The molecule has 7 nitrogen and oxygen atoms in total. The maximum atomic E-state index is 12.5. The molecule has 1 amide bonds. The minimum Gasteiger partial charge on any atom is -0.490 e. The third-order valence-electron chi connectivity index (χ3n) is 4.85. The Morgan fingerprint density at radius 2 is 1.71 bits per heavy atom. The summed E-state index contributed by atoms with van der Waals surface area (Å²) in [4.78, 5) is 23.5. The van der Waals surface area contributed by atoms with E-state index in [0.29, 0.717) is 29.4 Å². The molecule has 0 bridgehead atoms. The number of carbonyl (C=O) groups excluding carboxylic acids is 1. The molecule has 3 rings (SSSR count). The predicted molar refractivity (Wildman–Crippen MR) is 129 cm³/mol. The van der Waals surface area contributed by atoms with Gasteiger partial charge in [-0.1, -0.05) is 35.9 Å². The van der Waals surface area contributed by atoms with Crippen molar-refractivity contribution in [1.82, 2.24) is 0 Å². The maximum absolute atomic E-state index is 12.5. The summed E-state index contributed by atoms with van der Waals surface area (Å²) in [5.74, 6) is -0.535. The first-order valence-corrected chi connectivity index (χ1v) is 10.6. The second kappa shape index (κ2) is 11.3. The Morgan fingerprint density at radius 3 is 2.32 bits per heavy atom. The van der Waals surface area contributed by atoms with Crippen molar-refractivity contribution in [1.29, 1.82) is 5.26 Å². The molecule has 0 fully saturated rings. The third kappa shape index (κ3) is 6.47. The summed E-state index contributed by atoms with van der Waals surface area (Å²) in [5.41, 5.74) is 3.24. The van der Waals surface area contributed by atoms with E-state index in [2.05, 4.69) is 5.32 Å². The number of hydrogen-bond donors (Lipinski definition) is 2. The molecule has 0 saturated carbocycles. The molecule has 0 aliphatic carbocycles. The minimum atomic E-state index is -0.987. The van der Waals surface area contributed by atoms with Crippen LogP contribution in [0.25, 0.3) is 6.08 Å². The Bertz CT molecular complexity index is 1240. The van der Waals surface area contributed by atoms with Gasteiger partial charge in [-0.15, -0.1) is 0 Å². The Kier molecular flexibility index (Phi) is 8.03. The summed E-state index contributed by atoms with van der Waals surface area (Å²) < 4.78 is 11.5. The highest BCUT2D eigenvalue weighted by molar-refractivity contribution is 6.09. The van der Waals surface area contributed by atoms with Crippen molar-refractivity contribution in [2.75, 3.05) is 11.9 Å². The van der Waals surface area contributed by atoms with Crippen LogP contribution in [-0.4, -0.2) is 23.6 Å². The van der Waals surface area contributed by atoms with Crippen molar-refractivity contribution < 1.29 is 24.2 Å². The van der Waals surface area contributed by atoms with Crippen LogP contribution in [0.3, 0.4) is 0 Å². The van der Waals surface area contributed by atoms with E-state index in [0.717, 1.165) is 11.1 Å². The molecular formula is C27H24N2O5. The van der Waals surface area contributed by atoms with E-state index in [1.54, 1.807) is 42.5 Å². The summed E-state index contributed by atoms with van der Waals surface area (Å²) in [6.07, 6.45) is 1.49. The first-order valence-electron chi connectivity index (χ1n) is 10.6. The van der Waals surface area contributed by atoms with Crippen molar-refractivity contribution in [2.45, 2.75) is 20.5 Å². The number of nitriles is 1. The van der Waals surface area contributed by atoms with Gasteiger partial charge in [0.1, 0.15) is 18.2 Å². The number of nitrogens with zero attached hydrogens (tertiary/aromatic N) is 1. The second-order valence-corrected chi connectivity index (χ2v) is 7.42. The minimum absolute atomic E-state index is 0.0461. The molecule has 0 aromatic heterocycles. The number of amides is 1. The van der Waals surface area contributed by atoms with E-state index < -0.39 is 11.9 Å². The van der Waals surface area contributed by atoms with Crippen molar-refractivity contribution in [3.63, 3.8) is 0 Å². The van der Waals surface area contributed by atoms with Gasteiger partial charge in [-0.25, -0.2) is 4.79 Å². The van der Waals surface area contributed by atoms with Gasteiger partial charge in [0.15, 0.2) is 11.5 Å². The van der Waals surface area contributed by atoms with Crippen LogP contribution in [0.4, 0.5) is 5.69 Å². The van der Waals surface area contributed by atoms with Crippen molar-refractivity contribution in [2.24, 2.45) is 0 Å². The van der Waals surface area contributed by atoms with Crippen molar-refractivity contribution in [3.8, 4) is 17.6 Å². The lowest BCUT2D eigenvalue weighted by molar-refractivity contribution is -0.112. The van der Waals surface area contributed by atoms with Crippen LogP contribution in [0.15, 0.2) is 72.3 Å². The topological polar surface area (TPSA) is 109 Å². The fourth-order valence-corrected chi connectivity index (χ4v) is 3.06. The maximum Gasteiger partial charge on any atom is 0.335 e. The molecule has 3 aromatic carbocycles. The molecule has 7 heteroatoms. The molecule has 0 heterocycles. The van der Waals surface area contributed by atoms with Gasteiger partial charge in [-0.3, -0.25) is 4.79 Å². The zero-order valence-electron chi connectivity index (χ0n) is 18.9. The van der Waals surface area contributed by atoms with Gasteiger partial charge in [0.2, 0.25) is 0 Å². The number of aromatic carboxylic acids is 1. The van der Waals surface area contributed by atoms with Gasteiger partial charge in [-0.05, 0) is 67.4 Å². The van der Waals surface area contributed by atoms with Gasteiger partial charge in [0.25, 0.3) is 5.91 Å². The predicted octanol–water partition coefficient (Wildman–Crippen LogP) is 5.22. The average Bonchev–Trinajstić information content (AvgIpc) is 2.83. The molecule has 34 heavy (non-hydrogen) atoms. The van der Waals surface area contributed by atoms with E-state index in [1.165, 1.54) is 18.2 Å². The highest BCUT2D eigenvalue weighted by Gasteiger charge is 2.12. The monoisotopic (exact) mass is 456 g/mol. The smallest absolute Gasteiger partial charge is 0.335 e. The van der Waals surface area contributed by atoms with Crippen molar-refractivity contribution >= 4 is 23.6 Å². The molecule has 0 radical (unpaired) electrons. The second-order valence-electron chi connectivity index (χ2n) is 7.42. The number of carboxylic acid groups (broad SMARTS) is 1. The number of carboxylic acids is 1. The van der Waals surface area contributed by atoms with Crippen LogP contribution in [0.1, 0.15) is 34.0 Å². The van der Waals surface area contributed by atoms with Crippen LogP contribution in [-0.2, 0) is 11.4 Å². The van der Waals surface area contributed by atoms with E-state index >= 15 is 0 Å². The summed E-state index contributed by atoms with van der Waals surface area (Å²) in [6, 6.07) is 20.8.